The van der Waals surface area contributed by atoms with Gasteiger partial charge in [-0.3, -0.25) is 4.79 Å². The van der Waals surface area contributed by atoms with E-state index in [1.165, 1.54) is 0 Å². The number of nitrogens with two attached hydrogens (primary N) is 1. The van der Waals surface area contributed by atoms with Crippen LogP contribution in [0.3, 0.4) is 0 Å². The first-order valence-corrected chi connectivity index (χ1v) is 18.6. The highest BCUT2D eigenvalue weighted by molar-refractivity contribution is 7.19. The Morgan fingerprint density at radius 1 is 0.717 bits per heavy atom. The number of anilines is 4. The van der Waals surface area contributed by atoms with Crippen molar-refractivity contribution in [3.8, 4) is 32.6 Å². The van der Waals surface area contributed by atoms with Crippen molar-refractivity contribution in [1.29, 1.82) is 0 Å². The number of thiazole rings is 2. The fraction of sp³-hybridized carbons (Fsp3) is 0.289. The third-order valence-electron chi connectivity index (χ3n) is 6.79. The van der Waals surface area contributed by atoms with Crippen LogP contribution >= 0.6 is 22.7 Å². The second kappa shape index (κ2) is 18.8. The summed E-state index contributed by atoms with van der Waals surface area (Å²) in [6.07, 6.45) is 4.54. The van der Waals surface area contributed by atoms with Gasteiger partial charge in [0, 0.05) is 37.5 Å². The van der Waals surface area contributed by atoms with Crippen LogP contribution in [-0.2, 0) is 9.53 Å². The average molecular weight is 754 g/mol. The smallest absolute Gasteiger partial charge is 0.306 e. The van der Waals surface area contributed by atoms with Crippen LogP contribution in [-0.4, -0.2) is 61.2 Å². The van der Waals surface area contributed by atoms with E-state index < -0.39 is 5.60 Å². The standard InChI is InChI=1S/C22H26N4O3S.C16H17N5OS/c1-15-24-18(26-21-23-14-17(30-21)16-9-6-5-7-10-16)13-19(25-15)28-12-8-11-20(27)29-22(2,3)4;1-11-19-14(9-15(20-11)22-8-7-17)21-16-18-10-13(23-16)12-5-3-2-4-6-12/h5-7,9-10,13-14H,8,11-12H2,1-4H3,(H,23,24,25,26);2-6,9-10H,7-8,17H2,1H3,(H,18,19,20,21). The number of esters is 1. The monoisotopic (exact) mass is 753 g/mol. The molecule has 0 spiro atoms. The summed E-state index contributed by atoms with van der Waals surface area (Å²) >= 11 is 3.11. The van der Waals surface area contributed by atoms with Crippen molar-refractivity contribution in [2.75, 3.05) is 30.4 Å². The largest absolute Gasteiger partial charge is 0.478 e. The Balaban J connectivity index is 0.000000211. The number of carbonyl (C=O) groups excluding carboxylic acids is 1. The van der Waals surface area contributed by atoms with Gasteiger partial charge in [0.25, 0.3) is 0 Å². The lowest BCUT2D eigenvalue weighted by atomic mass is 10.2. The molecule has 13 nitrogen and oxygen atoms in total. The van der Waals surface area contributed by atoms with E-state index in [2.05, 4.69) is 64.8 Å². The van der Waals surface area contributed by atoms with E-state index in [-0.39, 0.29) is 5.97 Å². The van der Waals surface area contributed by atoms with Crippen molar-refractivity contribution in [2.45, 2.75) is 53.1 Å². The quantitative estimate of drug-likeness (QED) is 0.0720. The molecule has 0 unspecified atom stereocenters. The molecule has 4 heterocycles. The molecule has 4 N–H and O–H groups in total. The minimum Gasteiger partial charge on any atom is -0.478 e. The molecular formula is C38H43N9O4S2. The molecule has 4 aromatic heterocycles. The second-order valence-corrected chi connectivity index (χ2v) is 14.6. The second-order valence-electron chi connectivity index (χ2n) is 12.5. The minimum atomic E-state index is -0.474. The van der Waals surface area contributed by atoms with Crippen LogP contribution in [0.4, 0.5) is 21.9 Å². The van der Waals surface area contributed by atoms with Gasteiger partial charge in [0.05, 0.1) is 16.4 Å². The molecule has 0 aliphatic rings. The van der Waals surface area contributed by atoms with Crippen LogP contribution in [0, 0.1) is 13.8 Å². The lowest BCUT2D eigenvalue weighted by molar-refractivity contribution is -0.155. The third kappa shape index (κ3) is 12.9. The SMILES string of the molecule is Cc1nc(Nc2ncc(-c3ccccc3)s2)cc(OCCCC(=O)OC(C)(C)C)n1.Cc1nc(Nc2ncc(-c3ccccc3)s2)cc(OCCN)n1. The van der Waals surface area contributed by atoms with Gasteiger partial charge in [-0.25, -0.2) is 19.9 Å². The normalized spacial score (nSPS) is 10.9. The zero-order valence-corrected chi connectivity index (χ0v) is 32.0. The molecule has 0 saturated heterocycles. The van der Waals surface area contributed by atoms with Crippen LogP contribution in [0.25, 0.3) is 20.9 Å². The number of aryl methyl sites for hydroxylation is 2. The molecule has 0 bridgehead atoms. The molecule has 6 rings (SSSR count). The van der Waals surface area contributed by atoms with Gasteiger partial charge in [-0.05, 0) is 52.2 Å². The summed E-state index contributed by atoms with van der Waals surface area (Å²) in [5.74, 6) is 3.20. The molecule has 276 valence electrons. The van der Waals surface area contributed by atoms with Gasteiger partial charge in [0.1, 0.15) is 35.5 Å². The van der Waals surface area contributed by atoms with Gasteiger partial charge < -0.3 is 30.6 Å². The van der Waals surface area contributed by atoms with Crippen LogP contribution in [0.5, 0.6) is 11.8 Å². The lowest BCUT2D eigenvalue weighted by Gasteiger charge is -2.19. The van der Waals surface area contributed by atoms with Gasteiger partial charge in [-0.1, -0.05) is 83.3 Å². The average Bonchev–Trinajstić information content (AvgIpc) is 3.79. The van der Waals surface area contributed by atoms with E-state index in [0.29, 0.717) is 67.6 Å². The third-order valence-corrected chi connectivity index (χ3v) is 8.71. The Hall–Kier alpha value is -5.51. The van der Waals surface area contributed by atoms with Crippen molar-refractivity contribution in [3.63, 3.8) is 0 Å². The predicted molar refractivity (Wildman–Crippen MR) is 210 cm³/mol. The number of ether oxygens (including phenoxy) is 3. The highest BCUT2D eigenvalue weighted by Crippen LogP contribution is 2.32. The molecule has 0 saturated carbocycles. The van der Waals surface area contributed by atoms with Crippen molar-refractivity contribution in [3.05, 3.63) is 96.8 Å². The van der Waals surface area contributed by atoms with Crippen LogP contribution in [0.2, 0.25) is 0 Å². The molecule has 15 heteroatoms. The molecule has 0 amide bonds. The van der Waals surface area contributed by atoms with Crippen molar-refractivity contribution < 1.29 is 19.0 Å². The molecule has 0 aliphatic carbocycles. The maximum atomic E-state index is 11.8. The summed E-state index contributed by atoms with van der Waals surface area (Å²) < 4.78 is 16.5. The van der Waals surface area contributed by atoms with Crippen molar-refractivity contribution in [2.24, 2.45) is 5.73 Å². The number of benzene rings is 2. The first-order valence-electron chi connectivity index (χ1n) is 17.0. The first kappa shape index (κ1) is 38.7. The maximum Gasteiger partial charge on any atom is 0.306 e. The van der Waals surface area contributed by atoms with Crippen molar-refractivity contribution in [1.82, 2.24) is 29.9 Å². The Labute approximate surface area is 317 Å². The Morgan fingerprint density at radius 3 is 1.64 bits per heavy atom. The van der Waals surface area contributed by atoms with E-state index in [1.807, 2.05) is 76.5 Å². The number of rotatable bonds is 14. The predicted octanol–water partition coefficient (Wildman–Crippen LogP) is 8.14. The summed E-state index contributed by atoms with van der Waals surface area (Å²) in [6.45, 7) is 10.4. The van der Waals surface area contributed by atoms with E-state index in [4.69, 9.17) is 19.9 Å². The number of hydrogen-bond donors (Lipinski definition) is 3. The summed E-state index contributed by atoms with van der Waals surface area (Å²) in [6, 6.07) is 23.7. The Bertz CT molecular complexity index is 2050. The van der Waals surface area contributed by atoms with E-state index in [0.717, 1.165) is 31.1 Å². The van der Waals surface area contributed by atoms with Crippen LogP contribution < -0.4 is 25.8 Å². The molecule has 2 aromatic carbocycles. The molecular weight excluding hydrogens is 711 g/mol. The fourth-order valence-corrected chi connectivity index (χ4v) is 6.32. The van der Waals surface area contributed by atoms with Gasteiger partial charge in [0.15, 0.2) is 10.3 Å². The zero-order valence-electron chi connectivity index (χ0n) is 30.3. The van der Waals surface area contributed by atoms with Gasteiger partial charge in [-0.15, -0.1) is 0 Å². The van der Waals surface area contributed by atoms with E-state index in [1.54, 1.807) is 41.7 Å². The Morgan fingerprint density at radius 2 is 1.19 bits per heavy atom. The number of nitrogens with zero attached hydrogens (tertiary/aromatic N) is 6. The number of aromatic nitrogens is 6. The van der Waals surface area contributed by atoms with Crippen LogP contribution in [0.1, 0.15) is 45.3 Å². The Kier molecular flexibility index (Phi) is 13.7. The highest BCUT2D eigenvalue weighted by atomic mass is 32.1. The summed E-state index contributed by atoms with van der Waals surface area (Å²) in [5, 5.41) is 7.92. The summed E-state index contributed by atoms with van der Waals surface area (Å²) in [5.41, 5.74) is 7.23. The number of carbonyl (C=O) groups is 1. The maximum absolute atomic E-state index is 11.8. The fourth-order valence-electron chi connectivity index (χ4n) is 4.66. The minimum absolute atomic E-state index is 0.231. The molecule has 53 heavy (non-hydrogen) atoms. The van der Waals surface area contributed by atoms with Gasteiger partial charge >= 0.3 is 5.97 Å². The van der Waals surface area contributed by atoms with E-state index >= 15 is 0 Å². The number of hydrogen-bond acceptors (Lipinski definition) is 15. The molecule has 0 aliphatic heterocycles. The van der Waals surface area contributed by atoms with Gasteiger partial charge in [0.2, 0.25) is 11.8 Å². The zero-order chi connectivity index (χ0) is 37.6. The number of nitrogens with one attached hydrogen (secondary N) is 2. The lowest BCUT2D eigenvalue weighted by Crippen LogP contribution is -2.24. The first-order chi connectivity index (χ1) is 25.5. The molecule has 0 atom stereocenters. The molecule has 6 aromatic rings. The molecule has 0 fully saturated rings. The van der Waals surface area contributed by atoms with Crippen LogP contribution in [0.15, 0.2) is 85.2 Å². The van der Waals surface area contributed by atoms with Crippen molar-refractivity contribution >= 4 is 50.5 Å². The highest BCUT2D eigenvalue weighted by Gasteiger charge is 2.16. The topological polar surface area (TPSA) is 172 Å². The summed E-state index contributed by atoms with van der Waals surface area (Å²) in [4.78, 5) is 40.0. The van der Waals surface area contributed by atoms with Gasteiger partial charge in [-0.2, -0.15) is 9.97 Å². The molecule has 0 radical (unpaired) electrons. The summed E-state index contributed by atoms with van der Waals surface area (Å²) in [7, 11) is 0. The van der Waals surface area contributed by atoms with E-state index in [9.17, 15) is 4.79 Å².